The predicted octanol–water partition coefficient (Wildman–Crippen LogP) is 1.46. The smallest absolute Gasteiger partial charge is 0.241 e. The molecule has 110 valence electrons. The van der Waals surface area contributed by atoms with E-state index in [9.17, 15) is 4.79 Å². The van der Waals surface area contributed by atoms with Crippen molar-refractivity contribution < 1.29 is 4.79 Å². The lowest BCUT2D eigenvalue weighted by Gasteiger charge is -2.46. The summed E-state index contributed by atoms with van der Waals surface area (Å²) >= 11 is 0. The summed E-state index contributed by atoms with van der Waals surface area (Å²) in [7, 11) is 3.89. The molecule has 1 saturated carbocycles. The molecule has 2 atom stereocenters. The minimum atomic E-state index is 0.0364. The summed E-state index contributed by atoms with van der Waals surface area (Å²) in [5.74, 6) is 0.289. The summed E-state index contributed by atoms with van der Waals surface area (Å²) in [6.07, 6.45) is 7.92. The van der Waals surface area contributed by atoms with Gasteiger partial charge in [-0.15, -0.1) is 0 Å². The molecule has 4 nitrogen and oxygen atoms in total. The fourth-order valence-corrected chi connectivity index (χ4v) is 3.54. The van der Waals surface area contributed by atoms with Gasteiger partial charge in [-0.3, -0.25) is 9.69 Å². The van der Waals surface area contributed by atoms with Crippen molar-refractivity contribution >= 4 is 5.91 Å². The number of amides is 1. The molecular weight excluding hydrogens is 238 g/mol. The van der Waals surface area contributed by atoms with Crippen LogP contribution in [0.25, 0.3) is 0 Å². The molecule has 2 fully saturated rings. The largest absolute Gasteiger partial charge is 0.340 e. The van der Waals surface area contributed by atoms with E-state index in [4.69, 9.17) is 0 Å². The van der Waals surface area contributed by atoms with Crippen LogP contribution in [0.5, 0.6) is 0 Å². The molecule has 1 saturated heterocycles. The van der Waals surface area contributed by atoms with Gasteiger partial charge in [0, 0.05) is 32.2 Å². The molecule has 0 aromatic rings. The van der Waals surface area contributed by atoms with Crippen LogP contribution in [-0.4, -0.2) is 61.0 Å². The Balaban J connectivity index is 2.11. The van der Waals surface area contributed by atoms with Crippen molar-refractivity contribution in [2.45, 2.75) is 63.6 Å². The van der Waals surface area contributed by atoms with Crippen LogP contribution in [0.3, 0.4) is 0 Å². The molecule has 0 aromatic carbocycles. The fourth-order valence-electron chi connectivity index (χ4n) is 3.54. The van der Waals surface area contributed by atoms with Gasteiger partial charge in [-0.2, -0.15) is 0 Å². The van der Waals surface area contributed by atoms with Crippen molar-refractivity contribution in [3.8, 4) is 0 Å². The molecule has 4 heteroatoms. The number of carbonyl (C=O) groups is 1. The van der Waals surface area contributed by atoms with E-state index in [2.05, 4.69) is 17.1 Å². The van der Waals surface area contributed by atoms with Crippen LogP contribution in [0.1, 0.15) is 45.4 Å². The topological polar surface area (TPSA) is 35.6 Å². The quantitative estimate of drug-likeness (QED) is 0.786. The Hall–Kier alpha value is -0.610. The number of nitrogens with one attached hydrogen (secondary N) is 1. The first-order chi connectivity index (χ1) is 9.15. The van der Waals surface area contributed by atoms with Crippen LogP contribution in [0.15, 0.2) is 0 Å². The first-order valence-corrected chi connectivity index (χ1v) is 7.82. The van der Waals surface area contributed by atoms with E-state index in [1.807, 2.05) is 19.0 Å². The zero-order valence-corrected chi connectivity index (χ0v) is 12.7. The first kappa shape index (κ1) is 14.8. The molecule has 19 heavy (non-hydrogen) atoms. The standard InChI is InChI=1S/C15H29N3O/c1-12-11-18(13-8-6-4-5-7-9-13)14(10-16-2)15(19)17(12)3/h12-14,16H,4-11H2,1-3H3. The van der Waals surface area contributed by atoms with Gasteiger partial charge in [0.05, 0.1) is 0 Å². The summed E-state index contributed by atoms with van der Waals surface area (Å²) in [6.45, 7) is 3.96. The maximum Gasteiger partial charge on any atom is 0.241 e. The van der Waals surface area contributed by atoms with E-state index in [0.29, 0.717) is 12.1 Å². The SMILES string of the molecule is CNCC1C(=O)N(C)C(C)CN1C1CCCCCC1. The number of rotatable bonds is 3. The van der Waals surface area contributed by atoms with Crippen LogP contribution in [-0.2, 0) is 4.79 Å². The van der Waals surface area contributed by atoms with Gasteiger partial charge in [0.2, 0.25) is 5.91 Å². The maximum atomic E-state index is 12.5. The highest BCUT2D eigenvalue weighted by Crippen LogP contribution is 2.26. The molecule has 0 spiro atoms. The molecule has 0 aromatic heterocycles. The Morgan fingerprint density at radius 1 is 1.21 bits per heavy atom. The molecule has 1 aliphatic heterocycles. The fraction of sp³-hybridized carbons (Fsp3) is 0.933. The highest BCUT2D eigenvalue weighted by molar-refractivity contribution is 5.83. The van der Waals surface area contributed by atoms with Gasteiger partial charge in [0.1, 0.15) is 6.04 Å². The average molecular weight is 267 g/mol. The van der Waals surface area contributed by atoms with E-state index in [0.717, 1.165) is 13.1 Å². The average Bonchev–Trinajstić information content (AvgIpc) is 2.68. The molecule has 1 heterocycles. The van der Waals surface area contributed by atoms with Crippen molar-refractivity contribution in [3.05, 3.63) is 0 Å². The molecule has 1 amide bonds. The molecular formula is C15H29N3O. The summed E-state index contributed by atoms with van der Waals surface area (Å²) < 4.78 is 0. The summed E-state index contributed by atoms with van der Waals surface area (Å²) in [5, 5.41) is 3.20. The van der Waals surface area contributed by atoms with Gasteiger partial charge in [-0.05, 0) is 26.8 Å². The zero-order chi connectivity index (χ0) is 13.8. The van der Waals surface area contributed by atoms with Crippen LogP contribution < -0.4 is 5.32 Å². The van der Waals surface area contributed by atoms with Gasteiger partial charge in [0.15, 0.2) is 0 Å². The Morgan fingerprint density at radius 3 is 2.42 bits per heavy atom. The monoisotopic (exact) mass is 267 g/mol. The van der Waals surface area contributed by atoms with E-state index >= 15 is 0 Å². The van der Waals surface area contributed by atoms with Crippen molar-refractivity contribution in [2.75, 3.05) is 27.2 Å². The van der Waals surface area contributed by atoms with Crippen LogP contribution >= 0.6 is 0 Å². The third kappa shape index (κ3) is 3.29. The lowest BCUT2D eigenvalue weighted by atomic mass is 9.99. The third-order valence-corrected chi connectivity index (χ3v) is 4.86. The zero-order valence-electron chi connectivity index (χ0n) is 12.7. The molecule has 0 radical (unpaired) electrons. The molecule has 2 unspecified atom stereocenters. The number of likely N-dealkylation sites (N-methyl/N-ethyl adjacent to an activating group) is 2. The second-order valence-electron chi connectivity index (χ2n) is 6.21. The summed E-state index contributed by atoms with van der Waals surface area (Å²) in [5.41, 5.74) is 0. The number of hydrogen-bond acceptors (Lipinski definition) is 3. The van der Waals surface area contributed by atoms with Crippen LogP contribution in [0.2, 0.25) is 0 Å². The van der Waals surface area contributed by atoms with E-state index in [-0.39, 0.29) is 11.9 Å². The van der Waals surface area contributed by atoms with Gasteiger partial charge in [-0.1, -0.05) is 25.7 Å². The van der Waals surface area contributed by atoms with Gasteiger partial charge in [-0.25, -0.2) is 0 Å². The van der Waals surface area contributed by atoms with Crippen molar-refractivity contribution in [1.29, 1.82) is 0 Å². The molecule has 1 N–H and O–H groups in total. The second-order valence-corrected chi connectivity index (χ2v) is 6.21. The Labute approximate surface area is 117 Å². The number of hydrogen-bond donors (Lipinski definition) is 1. The maximum absolute atomic E-state index is 12.5. The Kier molecular flexibility index (Phi) is 5.22. The first-order valence-electron chi connectivity index (χ1n) is 7.82. The van der Waals surface area contributed by atoms with E-state index < -0.39 is 0 Å². The lowest BCUT2D eigenvalue weighted by molar-refractivity contribution is -0.145. The number of nitrogens with zero attached hydrogens (tertiary/aromatic N) is 2. The minimum absolute atomic E-state index is 0.0364. The lowest BCUT2D eigenvalue weighted by Crippen LogP contribution is -2.64. The van der Waals surface area contributed by atoms with E-state index in [1.165, 1.54) is 38.5 Å². The summed E-state index contributed by atoms with van der Waals surface area (Å²) in [4.78, 5) is 16.9. The van der Waals surface area contributed by atoms with Gasteiger partial charge in [0.25, 0.3) is 0 Å². The Morgan fingerprint density at radius 2 is 1.84 bits per heavy atom. The van der Waals surface area contributed by atoms with Crippen molar-refractivity contribution in [2.24, 2.45) is 0 Å². The van der Waals surface area contributed by atoms with Gasteiger partial charge >= 0.3 is 0 Å². The molecule has 2 rings (SSSR count). The van der Waals surface area contributed by atoms with Crippen LogP contribution in [0, 0.1) is 0 Å². The van der Waals surface area contributed by atoms with Crippen LogP contribution in [0.4, 0.5) is 0 Å². The minimum Gasteiger partial charge on any atom is -0.340 e. The Bertz CT molecular complexity index is 300. The highest BCUT2D eigenvalue weighted by atomic mass is 16.2. The van der Waals surface area contributed by atoms with E-state index in [1.54, 1.807) is 0 Å². The van der Waals surface area contributed by atoms with Crippen molar-refractivity contribution in [1.82, 2.24) is 15.1 Å². The second kappa shape index (κ2) is 6.71. The van der Waals surface area contributed by atoms with Gasteiger partial charge < -0.3 is 10.2 Å². The predicted molar refractivity (Wildman–Crippen MR) is 78.1 cm³/mol. The summed E-state index contributed by atoms with van der Waals surface area (Å²) in [6, 6.07) is 0.985. The molecule has 2 aliphatic rings. The van der Waals surface area contributed by atoms with Crippen molar-refractivity contribution in [3.63, 3.8) is 0 Å². The molecule has 1 aliphatic carbocycles. The normalized spacial score (nSPS) is 31.5. The molecule has 0 bridgehead atoms. The highest BCUT2D eigenvalue weighted by Gasteiger charge is 2.39. The number of piperazine rings is 1. The third-order valence-electron chi connectivity index (χ3n) is 4.86. The number of carbonyl (C=O) groups excluding carboxylic acids is 1.